The van der Waals surface area contributed by atoms with Gasteiger partial charge in [0, 0.05) is 61.4 Å². The molecule has 1 aromatic carbocycles. The van der Waals surface area contributed by atoms with Gasteiger partial charge in [0.05, 0.1) is 19.6 Å². The molecular weight excluding hydrogens is 482 g/mol. The fourth-order valence-electron chi connectivity index (χ4n) is 4.59. The molecule has 3 aromatic heterocycles. The van der Waals surface area contributed by atoms with Gasteiger partial charge in [0.2, 0.25) is 11.0 Å². The average Bonchev–Trinajstić information content (AvgIpc) is 3.37. The van der Waals surface area contributed by atoms with Gasteiger partial charge in [0.1, 0.15) is 0 Å². The molecule has 37 heavy (non-hydrogen) atoms. The Labute approximate surface area is 222 Å². The Kier molecular flexibility index (Phi) is 7.45. The van der Waals surface area contributed by atoms with Crippen molar-refractivity contribution < 1.29 is 4.57 Å². The summed E-state index contributed by atoms with van der Waals surface area (Å²) >= 11 is 1.64. The van der Waals surface area contributed by atoms with Crippen molar-refractivity contribution >= 4 is 39.7 Å². The van der Waals surface area contributed by atoms with E-state index >= 15 is 0 Å². The largest absolute Gasteiger partial charge is 0.380 e. The van der Waals surface area contributed by atoms with Gasteiger partial charge >= 0.3 is 11.9 Å². The zero-order valence-electron chi connectivity index (χ0n) is 21.9. The molecule has 1 aliphatic rings. The molecule has 192 valence electrons. The van der Waals surface area contributed by atoms with Gasteiger partial charge in [-0.25, -0.2) is 9.55 Å². The highest BCUT2D eigenvalue weighted by molar-refractivity contribution is 7.15. The lowest BCUT2D eigenvalue weighted by atomic mass is 10.1. The third-order valence-electron chi connectivity index (χ3n) is 6.68. The van der Waals surface area contributed by atoms with Crippen molar-refractivity contribution in [3.05, 3.63) is 70.8 Å². The van der Waals surface area contributed by atoms with Gasteiger partial charge in [0.15, 0.2) is 0 Å². The van der Waals surface area contributed by atoms with Crippen LogP contribution in [0.25, 0.3) is 0 Å². The standard InChI is InChI=1S/C27H33N9S/c1-5-23-31-25(33-26-30-18-22(37-26)17-29-24-19(2)7-6-8-20(24)3)34(4)27(32-23)36-15-13-35(14-16-36)21-9-11-28-12-10-21/h6-12,18,29H,5,13-17H2,1-4H3/p+1. The van der Waals surface area contributed by atoms with Crippen LogP contribution in [0.4, 0.5) is 28.4 Å². The van der Waals surface area contributed by atoms with Gasteiger partial charge in [-0.15, -0.1) is 9.97 Å². The molecule has 1 saturated heterocycles. The Morgan fingerprint density at radius 3 is 2.38 bits per heavy atom. The molecular formula is C27H34N9S+. The van der Waals surface area contributed by atoms with E-state index in [0.717, 1.165) is 66.9 Å². The Balaban J connectivity index is 1.28. The van der Waals surface area contributed by atoms with Crippen LogP contribution in [-0.2, 0) is 20.0 Å². The predicted molar refractivity (Wildman–Crippen MR) is 150 cm³/mol. The molecule has 10 heteroatoms. The zero-order valence-corrected chi connectivity index (χ0v) is 22.7. The van der Waals surface area contributed by atoms with E-state index in [4.69, 9.17) is 9.97 Å². The van der Waals surface area contributed by atoms with Crippen molar-refractivity contribution in [1.29, 1.82) is 0 Å². The van der Waals surface area contributed by atoms with E-state index < -0.39 is 0 Å². The monoisotopic (exact) mass is 516 g/mol. The minimum atomic E-state index is 0.730. The first-order valence-corrected chi connectivity index (χ1v) is 13.5. The molecule has 0 aliphatic carbocycles. The molecule has 1 fully saturated rings. The smallest absolute Gasteiger partial charge is 0.329 e. The van der Waals surface area contributed by atoms with E-state index in [9.17, 15) is 0 Å². The first-order chi connectivity index (χ1) is 18.0. The molecule has 2 N–H and O–H groups in total. The quantitative estimate of drug-likeness (QED) is 0.340. The number of nitrogens with one attached hydrogen (secondary N) is 2. The van der Waals surface area contributed by atoms with Crippen LogP contribution < -0.4 is 25.0 Å². The summed E-state index contributed by atoms with van der Waals surface area (Å²) in [6.07, 6.45) is 6.39. The van der Waals surface area contributed by atoms with E-state index in [2.05, 4.69) is 81.5 Å². The molecule has 4 heterocycles. The first-order valence-electron chi connectivity index (χ1n) is 12.7. The summed E-state index contributed by atoms with van der Waals surface area (Å²) in [5.74, 6) is 2.50. The van der Waals surface area contributed by atoms with Crippen molar-refractivity contribution in [2.75, 3.05) is 46.6 Å². The van der Waals surface area contributed by atoms with Crippen LogP contribution in [0.5, 0.6) is 0 Å². The van der Waals surface area contributed by atoms with E-state index in [1.54, 1.807) is 11.3 Å². The Bertz CT molecular complexity index is 1330. The number of anilines is 5. The van der Waals surface area contributed by atoms with Gasteiger partial charge in [0.25, 0.3) is 0 Å². The molecule has 0 radical (unpaired) electrons. The predicted octanol–water partition coefficient (Wildman–Crippen LogP) is 4.01. The maximum atomic E-state index is 4.88. The summed E-state index contributed by atoms with van der Waals surface area (Å²) < 4.78 is 2.04. The Morgan fingerprint density at radius 1 is 0.973 bits per heavy atom. The van der Waals surface area contributed by atoms with Crippen LogP contribution in [0, 0.1) is 13.8 Å². The number of hydrogen-bond acceptors (Lipinski definition) is 9. The minimum absolute atomic E-state index is 0.730. The summed E-state index contributed by atoms with van der Waals surface area (Å²) in [5.41, 5.74) is 4.90. The zero-order chi connectivity index (χ0) is 25.8. The lowest BCUT2D eigenvalue weighted by Crippen LogP contribution is -2.52. The molecule has 5 rings (SSSR count). The molecule has 1 aliphatic heterocycles. The van der Waals surface area contributed by atoms with Gasteiger partial charge in [-0.3, -0.25) is 15.2 Å². The topological polar surface area (TPSA) is 86.0 Å². The summed E-state index contributed by atoms with van der Waals surface area (Å²) in [7, 11) is 2.02. The van der Waals surface area contributed by atoms with Crippen LogP contribution in [-0.4, -0.2) is 46.1 Å². The number of para-hydroxylation sites is 1. The molecule has 4 aromatic rings. The number of benzene rings is 1. The van der Waals surface area contributed by atoms with Crippen molar-refractivity contribution in [1.82, 2.24) is 19.9 Å². The highest BCUT2D eigenvalue weighted by Gasteiger charge is 2.27. The SMILES string of the molecule is CCc1nc(Nc2ncc(CNc3c(C)cccc3C)s2)[n+](C)c(N2CCN(c3ccncc3)CC2)n1. The highest BCUT2D eigenvalue weighted by atomic mass is 32.1. The lowest BCUT2D eigenvalue weighted by molar-refractivity contribution is -0.649. The summed E-state index contributed by atoms with van der Waals surface area (Å²) in [5, 5.41) is 7.84. The average molecular weight is 517 g/mol. The molecule has 0 amide bonds. The normalized spacial score (nSPS) is 13.6. The second-order valence-corrected chi connectivity index (χ2v) is 10.3. The van der Waals surface area contributed by atoms with E-state index in [1.807, 2.05) is 30.2 Å². The maximum Gasteiger partial charge on any atom is 0.329 e. The van der Waals surface area contributed by atoms with Crippen molar-refractivity contribution in [3.8, 4) is 0 Å². The number of aromatic nitrogens is 5. The van der Waals surface area contributed by atoms with Crippen LogP contribution in [0.3, 0.4) is 0 Å². The van der Waals surface area contributed by atoms with Gasteiger partial charge in [-0.05, 0) is 37.1 Å². The third-order valence-corrected chi connectivity index (χ3v) is 7.59. The number of piperazine rings is 1. The second-order valence-electron chi connectivity index (χ2n) is 9.23. The molecule has 0 atom stereocenters. The second kappa shape index (κ2) is 11.1. The van der Waals surface area contributed by atoms with Crippen molar-refractivity contribution in [2.24, 2.45) is 7.05 Å². The van der Waals surface area contributed by atoms with E-state index in [1.165, 1.54) is 22.5 Å². The third kappa shape index (κ3) is 5.64. The fourth-order valence-corrected chi connectivity index (χ4v) is 5.34. The number of nitrogens with zero attached hydrogens (tertiary/aromatic N) is 7. The molecule has 0 spiro atoms. The van der Waals surface area contributed by atoms with Crippen LogP contribution in [0.1, 0.15) is 28.8 Å². The number of rotatable bonds is 8. The Morgan fingerprint density at radius 2 is 1.68 bits per heavy atom. The number of thiazole rings is 1. The van der Waals surface area contributed by atoms with Crippen LogP contribution in [0.2, 0.25) is 0 Å². The summed E-state index contributed by atoms with van der Waals surface area (Å²) in [6.45, 7) is 10.7. The van der Waals surface area contributed by atoms with Crippen LogP contribution in [0.15, 0.2) is 48.9 Å². The fraction of sp³-hybridized carbons (Fsp3) is 0.370. The van der Waals surface area contributed by atoms with Crippen molar-refractivity contribution in [3.63, 3.8) is 0 Å². The highest BCUT2D eigenvalue weighted by Crippen LogP contribution is 2.25. The van der Waals surface area contributed by atoms with Gasteiger partial charge < -0.3 is 10.2 Å². The van der Waals surface area contributed by atoms with Crippen LogP contribution >= 0.6 is 11.3 Å². The minimum Gasteiger partial charge on any atom is -0.380 e. The first kappa shape index (κ1) is 24.9. The van der Waals surface area contributed by atoms with Gasteiger partial charge in [-0.2, -0.15) is 0 Å². The number of pyridine rings is 1. The van der Waals surface area contributed by atoms with E-state index in [-0.39, 0.29) is 0 Å². The van der Waals surface area contributed by atoms with E-state index in [0.29, 0.717) is 0 Å². The molecule has 0 saturated carbocycles. The number of hydrogen-bond donors (Lipinski definition) is 2. The molecule has 0 unspecified atom stereocenters. The summed E-state index contributed by atoms with van der Waals surface area (Å²) in [4.78, 5) is 24.3. The van der Waals surface area contributed by atoms with Gasteiger partial charge in [-0.1, -0.05) is 36.5 Å². The lowest BCUT2D eigenvalue weighted by Gasteiger charge is -2.34. The van der Waals surface area contributed by atoms with Crippen molar-refractivity contribution in [2.45, 2.75) is 33.7 Å². The maximum absolute atomic E-state index is 4.88. The number of aryl methyl sites for hydroxylation is 3. The summed E-state index contributed by atoms with van der Waals surface area (Å²) in [6, 6.07) is 10.5. The Hall–Kier alpha value is -3.79. The molecule has 9 nitrogen and oxygen atoms in total. The molecule has 0 bridgehead atoms.